The highest BCUT2D eigenvalue weighted by molar-refractivity contribution is 7.15. The molecule has 7 nitrogen and oxygen atoms in total. The van der Waals surface area contributed by atoms with Crippen LogP contribution < -0.4 is 15.5 Å². The fourth-order valence-electron chi connectivity index (χ4n) is 3.29. The molecule has 1 aliphatic rings. The molecule has 28 heavy (non-hydrogen) atoms. The van der Waals surface area contributed by atoms with Crippen LogP contribution in [0, 0.1) is 0 Å². The Balaban J connectivity index is 1.37. The minimum Gasteiger partial charge on any atom is -0.359 e. The highest BCUT2D eigenvalue weighted by atomic mass is 32.1. The van der Waals surface area contributed by atoms with Crippen molar-refractivity contribution in [3.8, 4) is 5.13 Å². The van der Waals surface area contributed by atoms with Gasteiger partial charge in [0.05, 0.1) is 17.4 Å². The van der Waals surface area contributed by atoms with E-state index in [0.717, 1.165) is 47.8 Å². The zero-order chi connectivity index (χ0) is 18.9. The molecule has 1 aliphatic heterocycles. The van der Waals surface area contributed by atoms with E-state index in [-0.39, 0.29) is 5.91 Å². The van der Waals surface area contributed by atoms with Gasteiger partial charge in [0.1, 0.15) is 10.7 Å². The van der Waals surface area contributed by atoms with Gasteiger partial charge in [0, 0.05) is 36.9 Å². The van der Waals surface area contributed by atoms with Crippen LogP contribution in [0.5, 0.6) is 0 Å². The second kappa shape index (κ2) is 7.34. The lowest BCUT2D eigenvalue weighted by Crippen LogP contribution is -2.43. The summed E-state index contributed by atoms with van der Waals surface area (Å²) in [4.78, 5) is 19.6. The van der Waals surface area contributed by atoms with Crippen LogP contribution in [0.3, 0.4) is 0 Å². The van der Waals surface area contributed by atoms with Crippen molar-refractivity contribution >= 4 is 50.2 Å². The molecule has 0 spiro atoms. The zero-order valence-electron chi connectivity index (χ0n) is 15.0. The lowest BCUT2D eigenvalue weighted by atomic mass is 10.3. The molecule has 2 N–H and O–H groups in total. The van der Waals surface area contributed by atoms with Crippen LogP contribution in [0.1, 0.15) is 10.5 Å². The first kappa shape index (κ1) is 17.4. The van der Waals surface area contributed by atoms with Crippen molar-refractivity contribution in [3.63, 3.8) is 0 Å². The van der Waals surface area contributed by atoms with E-state index in [1.54, 1.807) is 21.4 Å². The van der Waals surface area contributed by atoms with E-state index >= 15 is 0 Å². The van der Waals surface area contributed by atoms with E-state index < -0.39 is 0 Å². The maximum atomic E-state index is 12.8. The predicted octanol–water partition coefficient (Wildman–Crippen LogP) is 3.21. The fourth-order valence-corrected chi connectivity index (χ4v) is 4.97. The van der Waals surface area contributed by atoms with Crippen LogP contribution in [0.2, 0.25) is 0 Å². The number of nitrogens with one attached hydrogen (secondary N) is 2. The maximum Gasteiger partial charge on any atom is 0.275 e. The number of para-hydroxylation sites is 1. The number of carbonyl (C=O) groups excluding carboxylic acids is 1. The third-order valence-corrected chi connectivity index (χ3v) is 6.47. The van der Waals surface area contributed by atoms with Gasteiger partial charge in [0.2, 0.25) is 5.13 Å². The molecular formula is C19H18N6OS2. The molecule has 0 unspecified atom stereocenters. The van der Waals surface area contributed by atoms with Gasteiger partial charge in [-0.3, -0.25) is 4.79 Å². The molecule has 1 amide bonds. The van der Waals surface area contributed by atoms with Crippen LogP contribution in [0.15, 0.2) is 47.3 Å². The summed E-state index contributed by atoms with van der Waals surface area (Å²) in [6.45, 7) is 3.80. The molecule has 0 aliphatic carbocycles. The second-order valence-electron chi connectivity index (χ2n) is 6.46. The largest absolute Gasteiger partial charge is 0.359 e. The second-order valence-corrected chi connectivity index (χ2v) is 8.19. The monoisotopic (exact) mass is 410 g/mol. The molecule has 0 radical (unpaired) electrons. The number of hydrogen-bond acceptors (Lipinski definition) is 7. The number of thiazole rings is 1. The van der Waals surface area contributed by atoms with Gasteiger partial charge in [0.15, 0.2) is 0 Å². The smallest absolute Gasteiger partial charge is 0.275 e. The topological polar surface area (TPSA) is 75.1 Å². The minimum absolute atomic E-state index is 0.200. The lowest BCUT2D eigenvalue weighted by molar-refractivity contribution is 0.102. The van der Waals surface area contributed by atoms with Gasteiger partial charge in [-0.1, -0.05) is 18.2 Å². The molecular weight excluding hydrogens is 392 g/mol. The van der Waals surface area contributed by atoms with Gasteiger partial charge in [-0.05, 0) is 17.5 Å². The molecule has 1 aromatic carbocycles. The third kappa shape index (κ3) is 3.17. The summed E-state index contributed by atoms with van der Waals surface area (Å²) in [6.07, 6.45) is 1.81. The van der Waals surface area contributed by atoms with Crippen molar-refractivity contribution in [2.24, 2.45) is 0 Å². The number of fused-ring (bicyclic) bond motifs is 1. The number of hydrogen-bond donors (Lipinski definition) is 2. The number of piperazine rings is 1. The Morgan fingerprint density at radius 2 is 2.00 bits per heavy atom. The Hall–Kier alpha value is -2.75. The molecule has 1 fully saturated rings. The van der Waals surface area contributed by atoms with Crippen molar-refractivity contribution in [1.82, 2.24) is 20.1 Å². The Morgan fingerprint density at radius 1 is 1.14 bits per heavy atom. The molecule has 3 aromatic heterocycles. The standard InChI is InChI=1S/C19H18N6OS2/c26-17(22-14-5-10-27-18(14)24-8-6-20-7-9-24)15-12-28-19(23-15)25-16-4-2-1-3-13(16)11-21-25/h1-5,10-12,20H,6-9H2,(H,22,26). The predicted molar refractivity (Wildman–Crippen MR) is 114 cm³/mol. The lowest BCUT2D eigenvalue weighted by Gasteiger charge is -2.29. The van der Waals surface area contributed by atoms with Crippen LogP contribution in [0.25, 0.3) is 16.0 Å². The van der Waals surface area contributed by atoms with Gasteiger partial charge >= 0.3 is 0 Å². The number of nitrogens with zero attached hydrogens (tertiary/aromatic N) is 4. The Kier molecular flexibility index (Phi) is 4.55. The Morgan fingerprint density at radius 3 is 2.89 bits per heavy atom. The summed E-state index contributed by atoms with van der Waals surface area (Å²) in [6, 6.07) is 9.90. The van der Waals surface area contributed by atoms with Crippen molar-refractivity contribution in [3.05, 3.63) is 53.0 Å². The molecule has 0 saturated carbocycles. The first-order valence-corrected chi connectivity index (χ1v) is 10.8. The average molecular weight is 411 g/mol. The van der Waals surface area contributed by atoms with E-state index in [1.165, 1.54) is 11.3 Å². The van der Waals surface area contributed by atoms with E-state index in [9.17, 15) is 4.79 Å². The van der Waals surface area contributed by atoms with E-state index in [4.69, 9.17) is 0 Å². The third-order valence-electron chi connectivity index (χ3n) is 4.68. The maximum absolute atomic E-state index is 12.8. The summed E-state index contributed by atoms with van der Waals surface area (Å²) in [7, 11) is 0. The summed E-state index contributed by atoms with van der Waals surface area (Å²) >= 11 is 3.06. The van der Waals surface area contributed by atoms with Gasteiger partial charge in [0.25, 0.3) is 5.91 Å². The van der Waals surface area contributed by atoms with E-state index in [2.05, 4.69) is 25.6 Å². The normalized spacial score (nSPS) is 14.5. The van der Waals surface area contributed by atoms with Crippen LogP contribution in [-0.4, -0.2) is 46.9 Å². The molecule has 9 heteroatoms. The fraction of sp³-hybridized carbons (Fsp3) is 0.211. The first-order valence-electron chi connectivity index (χ1n) is 9.03. The van der Waals surface area contributed by atoms with Crippen molar-refractivity contribution in [2.75, 3.05) is 36.4 Å². The summed E-state index contributed by atoms with van der Waals surface area (Å²) in [5, 5.41) is 17.4. The Bertz CT molecular complexity index is 1120. The van der Waals surface area contributed by atoms with Gasteiger partial charge in [-0.2, -0.15) is 5.10 Å². The van der Waals surface area contributed by atoms with Gasteiger partial charge < -0.3 is 15.5 Å². The van der Waals surface area contributed by atoms with Crippen LogP contribution in [0.4, 0.5) is 10.7 Å². The minimum atomic E-state index is -0.200. The summed E-state index contributed by atoms with van der Waals surface area (Å²) < 4.78 is 1.77. The molecule has 0 atom stereocenters. The van der Waals surface area contributed by atoms with Gasteiger partial charge in [-0.25, -0.2) is 9.67 Å². The zero-order valence-corrected chi connectivity index (χ0v) is 16.6. The number of aromatic nitrogens is 3. The van der Waals surface area contributed by atoms with Crippen LogP contribution >= 0.6 is 22.7 Å². The first-order chi connectivity index (χ1) is 13.8. The molecule has 4 aromatic rings. The summed E-state index contributed by atoms with van der Waals surface area (Å²) in [5.41, 5.74) is 2.22. The number of thiophene rings is 1. The number of rotatable bonds is 4. The SMILES string of the molecule is O=C(Nc1ccsc1N1CCNCC1)c1csc(-n2ncc3ccccc32)n1. The van der Waals surface area contributed by atoms with Crippen LogP contribution in [-0.2, 0) is 0 Å². The number of amides is 1. The molecule has 0 bridgehead atoms. The molecule has 1 saturated heterocycles. The molecule has 4 heterocycles. The van der Waals surface area contributed by atoms with E-state index in [0.29, 0.717) is 10.8 Å². The Labute approximate surface area is 169 Å². The van der Waals surface area contributed by atoms with E-state index in [1.807, 2.05) is 41.9 Å². The summed E-state index contributed by atoms with van der Waals surface area (Å²) in [5.74, 6) is -0.200. The highest BCUT2D eigenvalue weighted by Crippen LogP contribution is 2.33. The molecule has 142 valence electrons. The highest BCUT2D eigenvalue weighted by Gasteiger charge is 2.19. The quantitative estimate of drug-likeness (QED) is 0.540. The number of carbonyl (C=O) groups is 1. The molecule has 5 rings (SSSR count). The average Bonchev–Trinajstić information content (AvgIpc) is 3.47. The number of anilines is 2. The number of benzene rings is 1. The van der Waals surface area contributed by atoms with Crippen molar-refractivity contribution < 1.29 is 4.79 Å². The van der Waals surface area contributed by atoms with Crippen molar-refractivity contribution in [1.29, 1.82) is 0 Å². The van der Waals surface area contributed by atoms with Gasteiger partial charge in [-0.15, -0.1) is 22.7 Å². The van der Waals surface area contributed by atoms with Crippen molar-refractivity contribution in [2.45, 2.75) is 0 Å².